The zero-order valence-electron chi connectivity index (χ0n) is 15.4. The maximum atomic E-state index is 5.78. The molecule has 0 unspecified atom stereocenters. The van der Waals surface area contributed by atoms with Crippen LogP contribution < -0.4 is 4.90 Å². The molecule has 26 heavy (non-hydrogen) atoms. The van der Waals surface area contributed by atoms with Gasteiger partial charge in [0, 0.05) is 31.0 Å². The molecule has 1 aliphatic heterocycles. The summed E-state index contributed by atoms with van der Waals surface area (Å²) >= 11 is 0. The molecule has 6 heteroatoms. The van der Waals surface area contributed by atoms with Gasteiger partial charge in [0.15, 0.2) is 0 Å². The van der Waals surface area contributed by atoms with Crippen LogP contribution in [0.1, 0.15) is 19.4 Å². The van der Waals surface area contributed by atoms with Gasteiger partial charge in [-0.1, -0.05) is 12.1 Å². The average Bonchev–Trinajstić information content (AvgIpc) is 3.11. The fourth-order valence-electron chi connectivity index (χ4n) is 3.22. The van der Waals surface area contributed by atoms with Gasteiger partial charge >= 0.3 is 0 Å². The quantitative estimate of drug-likeness (QED) is 0.726. The summed E-state index contributed by atoms with van der Waals surface area (Å²) in [6, 6.07) is 10.2. The van der Waals surface area contributed by atoms with Crippen LogP contribution in [0.15, 0.2) is 48.9 Å². The van der Waals surface area contributed by atoms with Crippen molar-refractivity contribution in [1.82, 2.24) is 19.7 Å². The highest BCUT2D eigenvalue weighted by Crippen LogP contribution is 2.23. The molecule has 0 atom stereocenters. The van der Waals surface area contributed by atoms with Gasteiger partial charge in [-0.3, -0.25) is 0 Å². The van der Waals surface area contributed by atoms with Crippen molar-refractivity contribution in [2.75, 3.05) is 24.6 Å². The lowest BCUT2D eigenvalue weighted by Gasteiger charge is -2.38. The van der Waals surface area contributed by atoms with Crippen molar-refractivity contribution in [2.24, 2.45) is 0 Å². The lowest BCUT2D eigenvalue weighted by Crippen LogP contribution is -2.49. The van der Waals surface area contributed by atoms with Crippen LogP contribution >= 0.6 is 0 Å². The Hall–Kier alpha value is -2.73. The molecule has 0 aliphatic carbocycles. The van der Waals surface area contributed by atoms with Crippen molar-refractivity contribution < 1.29 is 4.74 Å². The standard InChI is InChI=1S/C20H23N5O/c1-15-5-4-6-17(11-15)25-13-16(12-22-25)18-7-8-21-19(23-18)24-9-10-26-20(2,3)14-24/h4-8,11-13H,9-10,14H2,1-3H3. The Bertz CT molecular complexity index is 918. The van der Waals surface area contributed by atoms with E-state index in [-0.39, 0.29) is 5.60 Å². The van der Waals surface area contributed by atoms with Crippen LogP contribution in [0, 0.1) is 6.92 Å². The third-order valence-electron chi connectivity index (χ3n) is 4.50. The fourth-order valence-corrected chi connectivity index (χ4v) is 3.22. The molecule has 0 spiro atoms. The van der Waals surface area contributed by atoms with Crippen molar-refractivity contribution in [3.63, 3.8) is 0 Å². The van der Waals surface area contributed by atoms with Crippen LogP contribution in [0.4, 0.5) is 5.95 Å². The first-order valence-corrected chi connectivity index (χ1v) is 8.84. The average molecular weight is 349 g/mol. The molecular formula is C20H23N5O. The number of hydrogen-bond acceptors (Lipinski definition) is 5. The van der Waals surface area contributed by atoms with Gasteiger partial charge < -0.3 is 9.64 Å². The van der Waals surface area contributed by atoms with E-state index >= 15 is 0 Å². The molecule has 1 aromatic carbocycles. The zero-order chi connectivity index (χ0) is 18.1. The smallest absolute Gasteiger partial charge is 0.226 e. The van der Waals surface area contributed by atoms with E-state index in [2.05, 4.69) is 47.9 Å². The number of anilines is 1. The van der Waals surface area contributed by atoms with Gasteiger partial charge in [0.25, 0.3) is 0 Å². The molecule has 0 N–H and O–H groups in total. The van der Waals surface area contributed by atoms with Gasteiger partial charge in [-0.2, -0.15) is 5.10 Å². The molecule has 3 heterocycles. The second-order valence-electron chi connectivity index (χ2n) is 7.28. The van der Waals surface area contributed by atoms with E-state index in [0.717, 1.165) is 36.0 Å². The third kappa shape index (κ3) is 3.46. The van der Waals surface area contributed by atoms with Crippen LogP contribution in [-0.4, -0.2) is 45.0 Å². The molecule has 6 nitrogen and oxygen atoms in total. The Labute approximate surface area is 153 Å². The highest BCUT2D eigenvalue weighted by molar-refractivity contribution is 5.59. The molecule has 1 aliphatic rings. The van der Waals surface area contributed by atoms with Gasteiger partial charge in [0.2, 0.25) is 5.95 Å². The van der Waals surface area contributed by atoms with Gasteiger partial charge in [0.1, 0.15) is 0 Å². The summed E-state index contributed by atoms with van der Waals surface area (Å²) in [7, 11) is 0. The first-order valence-electron chi connectivity index (χ1n) is 8.84. The minimum absolute atomic E-state index is 0.187. The van der Waals surface area contributed by atoms with Crippen molar-refractivity contribution in [3.8, 4) is 16.9 Å². The van der Waals surface area contributed by atoms with E-state index in [4.69, 9.17) is 9.72 Å². The summed E-state index contributed by atoms with van der Waals surface area (Å²) < 4.78 is 7.66. The number of nitrogens with zero attached hydrogens (tertiary/aromatic N) is 5. The van der Waals surface area contributed by atoms with E-state index in [1.165, 1.54) is 5.56 Å². The number of ether oxygens (including phenoxy) is 1. The summed E-state index contributed by atoms with van der Waals surface area (Å²) in [4.78, 5) is 11.4. The first kappa shape index (κ1) is 16.7. The normalized spacial score (nSPS) is 16.7. The Morgan fingerprint density at radius 2 is 2.08 bits per heavy atom. The molecule has 1 saturated heterocycles. The number of benzene rings is 1. The van der Waals surface area contributed by atoms with Gasteiger partial charge in [-0.15, -0.1) is 0 Å². The van der Waals surface area contributed by atoms with Crippen molar-refractivity contribution in [1.29, 1.82) is 0 Å². The summed E-state index contributed by atoms with van der Waals surface area (Å²) in [6.45, 7) is 8.53. The van der Waals surface area contributed by atoms with E-state index in [0.29, 0.717) is 6.61 Å². The lowest BCUT2D eigenvalue weighted by molar-refractivity contribution is -0.0281. The van der Waals surface area contributed by atoms with Crippen LogP contribution in [0.25, 0.3) is 16.9 Å². The molecule has 2 aromatic heterocycles. The first-order chi connectivity index (χ1) is 12.5. The van der Waals surface area contributed by atoms with E-state index in [9.17, 15) is 0 Å². The van der Waals surface area contributed by atoms with Crippen LogP contribution in [0.3, 0.4) is 0 Å². The van der Waals surface area contributed by atoms with E-state index in [1.54, 1.807) is 0 Å². The second kappa shape index (κ2) is 6.53. The summed E-state index contributed by atoms with van der Waals surface area (Å²) in [6.07, 6.45) is 5.66. The fraction of sp³-hybridized carbons (Fsp3) is 0.350. The number of aryl methyl sites for hydroxylation is 1. The Kier molecular flexibility index (Phi) is 4.20. The number of morpholine rings is 1. The van der Waals surface area contributed by atoms with Crippen molar-refractivity contribution >= 4 is 5.95 Å². The van der Waals surface area contributed by atoms with E-state index < -0.39 is 0 Å². The second-order valence-corrected chi connectivity index (χ2v) is 7.28. The minimum Gasteiger partial charge on any atom is -0.372 e. The Morgan fingerprint density at radius 3 is 2.88 bits per heavy atom. The molecule has 0 amide bonds. The topological polar surface area (TPSA) is 56.1 Å². The van der Waals surface area contributed by atoms with Gasteiger partial charge in [-0.25, -0.2) is 14.6 Å². The molecule has 3 aromatic rings. The largest absolute Gasteiger partial charge is 0.372 e. The van der Waals surface area contributed by atoms with Gasteiger partial charge in [0.05, 0.1) is 29.8 Å². The summed E-state index contributed by atoms with van der Waals surface area (Å²) in [5.74, 6) is 0.738. The van der Waals surface area contributed by atoms with Crippen LogP contribution in [-0.2, 0) is 4.74 Å². The van der Waals surface area contributed by atoms with Crippen molar-refractivity contribution in [3.05, 3.63) is 54.5 Å². The zero-order valence-corrected chi connectivity index (χ0v) is 15.4. The predicted molar refractivity (Wildman–Crippen MR) is 102 cm³/mol. The number of hydrogen-bond donors (Lipinski definition) is 0. The molecule has 4 rings (SSSR count). The van der Waals surface area contributed by atoms with Crippen LogP contribution in [0.5, 0.6) is 0 Å². The molecular weight excluding hydrogens is 326 g/mol. The third-order valence-corrected chi connectivity index (χ3v) is 4.50. The molecule has 1 fully saturated rings. The SMILES string of the molecule is Cc1cccc(-n2cc(-c3ccnc(N4CCOC(C)(C)C4)n3)cn2)c1. The lowest BCUT2D eigenvalue weighted by atomic mass is 10.1. The predicted octanol–water partition coefficient (Wildman–Crippen LogP) is 3.25. The number of rotatable bonds is 3. The number of aromatic nitrogens is 4. The molecule has 0 saturated carbocycles. The maximum absolute atomic E-state index is 5.78. The highest BCUT2D eigenvalue weighted by Gasteiger charge is 2.28. The molecule has 134 valence electrons. The van der Waals surface area contributed by atoms with Crippen LogP contribution in [0.2, 0.25) is 0 Å². The Morgan fingerprint density at radius 1 is 1.19 bits per heavy atom. The van der Waals surface area contributed by atoms with Crippen molar-refractivity contribution in [2.45, 2.75) is 26.4 Å². The maximum Gasteiger partial charge on any atom is 0.226 e. The molecule has 0 radical (unpaired) electrons. The summed E-state index contributed by atoms with van der Waals surface area (Å²) in [5, 5.41) is 4.49. The Balaban J connectivity index is 1.61. The summed E-state index contributed by atoms with van der Waals surface area (Å²) in [5.41, 5.74) is 3.91. The van der Waals surface area contributed by atoms with E-state index in [1.807, 2.05) is 41.5 Å². The monoisotopic (exact) mass is 349 g/mol. The highest BCUT2D eigenvalue weighted by atomic mass is 16.5. The van der Waals surface area contributed by atoms with Gasteiger partial charge in [-0.05, 0) is 44.5 Å². The minimum atomic E-state index is -0.187. The molecule has 0 bridgehead atoms.